The molecule has 1 unspecified atom stereocenters. The van der Waals surface area contributed by atoms with Gasteiger partial charge in [0.15, 0.2) is 0 Å². The first kappa shape index (κ1) is 14.9. The van der Waals surface area contributed by atoms with E-state index in [4.69, 9.17) is 11.6 Å². The molecule has 0 saturated carbocycles. The molecule has 1 atom stereocenters. The number of carbonyl (C=O) groups excluding carboxylic acids is 1. The van der Waals surface area contributed by atoms with E-state index in [1.165, 1.54) is 12.1 Å². The lowest BCUT2D eigenvalue weighted by atomic mass is 10.2. The third kappa shape index (κ3) is 4.63. The van der Waals surface area contributed by atoms with Crippen LogP contribution in [0, 0.1) is 5.82 Å². The molecule has 0 aliphatic carbocycles. The highest BCUT2D eigenvalue weighted by Crippen LogP contribution is 2.14. The van der Waals surface area contributed by atoms with E-state index in [9.17, 15) is 9.18 Å². The van der Waals surface area contributed by atoms with E-state index in [2.05, 4.69) is 10.6 Å². The molecule has 1 aromatic rings. The summed E-state index contributed by atoms with van der Waals surface area (Å²) in [5, 5.41) is 6.22. The summed E-state index contributed by atoms with van der Waals surface area (Å²) in [6.45, 7) is 5.78. The van der Waals surface area contributed by atoms with Gasteiger partial charge in [-0.2, -0.15) is 0 Å². The molecule has 18 heavy (non-hydrogen) atoms. The standard InChI is InChI=1S/C13H18ClFN2O/c1-8(2)17-13(18)9(3)16-7-10-6-11(14)4-5-12(10)15/h4-6,8-9,16H,7H2,1-3H3,(H,17,18). The van der Waals surface area contributed by atoms with Crippen molar-refractivity contribution in [2.75, 3.05) is 0 Å². The van der Waals surface area contributed by atoms with E-state index in [1.807, 2.05) is 13.8 Å². The molecule has 1 amide bonds. The average molecular weight is 273 g/mol. The van der Waals surface area contributed by atoms with Crippen molar-refractivity contribution in [3.8, 4) is 0 Å². The van der Waals surface area contributed by atoms with Crippen LogP contribution in [0.4, 0.5) is 4.39 Å². The van der Waals surface area contributed by atoms with Gasteiger partial charge in [0.25, 0.3) is 0 Å². The Hall–Kier alpha value is -1.13. The first-order valence-electron chi connectivity index (χ1n) is 5.88. The average Bonchev–Trinajstić information content (AvgIpc) is 2.29. The fraction of sp³-hybridized carbons (Fsp3) is 0.462. The molecule has 1 rings (SSSR count). The molecule has 0 radical (unpaired) electrons. The number of carbonyl (C=O) groups is 1. The zero-order chi connectivity index (χ0) is 13.7. The minimum Gasteiger partial charge on any atom is -0.353 e. The monoisotopic (exact) mass is 272 g/mol. The van der Waals surface area contributed by atoms with Crippen molar-refractivity contribution < 1.29 is 9.18 Å². The van der Waals surface area contributed by atoms with Gasteiger partial charge < -0.3 is 10.6 Å². The molecular weight excluding hydrogens is 255 g/mol. The van der Waals surface area contributed by atoms with Gasteiger partial charge in [-0.15, -0.1) is 0 Å². The van der Waals surface area contributed by atoms with Crippen LogP contribution in [0.2, 0.25) is 5.02 Å². The topological polar surface area (TPSA) is 41.1 Å². The molecule has 100 valence electrons. The van der Waals surface area contributed by atoms with E-state index in [-0.39, 0.29) is 30.4 Å². The number of rotatable bonds is 5. The molecule has 0 bridgehead atoms. The van der Waals surface area contributed by atoms with Crippen LogP contribution in [0.15, 0.2) is 18.2 Å². The van der Waals surface area contributed by atoms with Crippen LogP contribution < -0.4 is 10.6 Å². The molecular formula is C13H18ClFN2O. The minimum atomic E-state index is -0.384. The van der Waals surface area contributed by atoms with Gasteiger partial charge >= 0.3 is 0 Å². The van der Waals surface area contributed by atoms with Gasteiger partial charge in [0.1, 0.15) is 5.82 Å². The van der Waals surface area contributed by atoms with Gasteiger partial charge in [0, 0.05) is 23.2 Å². The Morgan fingerprint density at radius 1 is 1.39 bits per heavy atom. The highest BCUT2D eigenvalue weighted by molar-refractivity contribution is 6.30. The van der Waals surface area contributed by atoms with Crippen LogP contribution in [0.25, 0.3) is 0 Å². The summed E-state index contributed by atoms with van der Waals surface area (Å²) in [5.74, 6) is -0.434. The largest absolute Gasteiger partial charge is 0.353 e. The SMILES string of the molecule is CC(C)NC(=O)C(C)NCc1cc(Cl)ccc1F. The van der Waals surface area contributed by atoms with E-state index >= 15 is 0 Å². The summed E-state index contributed by atoms with van der Waals surface area (Å²) in [6, 6.07) is 4.07. The molecule has 0 spiro atoms. The van der Waals surface area contributed by atoms with Crippen molar-refractivity contribution in [3.63, 3.8) is 0 Å². The van der Waals surface area contributed by atoms with Gasteiger partial charge in [0.05, 0.1) is 6.04 Å². The van der Waals surface area contributed by atoms with Crippen LogP contribution in [0.5, 0.6) is 0 Å². The van der Waals surface area contributed by atoms with Crippen molar-refractivity contribution in [1.29, 1.82) is 0 Å². The summed E-state index contributed by atoms with van der Waals surface area (Å²) >= 11 is 5.79. The Kier molecular flexibility index (Phi) is 5.56. The third-order valence-electron chi connectivity index (χ3n) is 2.43. The lowest BCUT2D eigenvalue weighted by Crippen LogP contribution is -2.44. The highest BCUT2D eigenvalue weighted by atomic mass is 35.5. The Bertz CT molecular complexity index is 423. The summed E-state index contributed by atoms with van der Waals surface area (Å²) in [6.07, 6.45) is 0. The zero-order valence-electron chi connectivity index (χ0n) is 10.8. The number of nitrogens with one attached hydrogen (secondary N) is 2. The van der Waals surface area contributed by atoms with Crippen molar-refractivity contribution in [3.05, 3.63) is 34.6 Å². The maximum atomic E-state index is 13.4. The van der Waals surface area contributed by atoms with Gasteiger partial charge in [-0.1, -0.05) is 11.6 Å². The summed E-state index contributed by atoms with van der Waals surface area (Å²) in [5.41, 5.74) is 0.451. The second-order valence-corrected chi connectivity index (χ2v) is 4.94. The molecule has 0 fully saturated rings. The molecule has 0 saturated heterocycles. The zero-order valence-corrected chi connectivity index (χ0v) is 11.5. The van der Waals surface area contributed by atoms with E-state index < -0.39 is 0 Å². The molecule has 0 aliphatic rings. The number of benzene rings is 1. The summed E-state index contributed by atoms with van der Waals surface area (Å²) in [7, 11) is 0. The Labute approximate surface area is 112 Å². The second-order valence-electron chi connectivity index (χ2n) is 4.50. The fourth-order valence-electron chi connectivity index (χ4n) is 1.44. The van der Waals surface area contributed by atoms with Gasteiger partial charge in [-0.3, -0.25) is 4.79 Å². The predicted octanol–water partition coefficient (Wildman–Crippen LogP) is 2.48. The van der Waals surface area contributed by atoms with Gasteiger partial charge in [0.2, 0.25) is 5.91 Å². The maximum Gasteiger partial charge on any atom is 0.237 e. The first-order valence-corrected chi connectivity index (χ1v) is 6.25. The molecule has 3 nitrogen and oxygen atoms in total. The number of hydrogen-bond donors (Lipinski definition) is 2. The number of amides is 1. The Morgan fingerprint density at radius 2 is 2.06 bits per heavy atom. The third-order valence-corrected chi connectivity index (χ3v) is 2.67. The quantitative estimate of drug-likeness (QED) is 0.865. The van der Waals surface area contributed by atoms with E-state index in [1.54, 1.807) is 13.0 Å². The van der Waals surface area contributed by atoms with Crippen LogP contribution in [-0.2, 0) is 11.3 Å². The Balaban J connectivity index is 2.54. The van der Waals surface area contributed by atoms with Crippen LogP contribution in [0.1, 0.15) is 26.3 Å². The fourth-order valence-corrected chi connectivity index (χ4v) is 1.64. The van der Waals surface area contributed by atoms with Crippen molar-refractivity contribution >= 4 is 17.5 Å². The number of halogens is 2. The maximum absolute atomic E-state index is 13.4. The van der Waals surface area contributed by atoms with E-state index in [0.717, 1.165) is 0 Å². The first-order chi connectivity index (χ1) is 8.40. The normalized spacial score (nSPS) is 12.6. The summed E-state index contributed by atoms with van der Waals surface area (Å²) in [4.78, 5) is 11.6. The van der Waals surface area contributed by atoms with Crippen molar-refractivity contribution in [2.45, 2.75) is 39.4 Å². The second kappa shape index (κ2) is 6.71. The van der Waals surface area contributed by atoms with Crippen LogP contribution in [-0.4, -0.2) is 18.0 Å². The minimum absolute atomic E-state index is 0.0876. The lowest BCUT2D eigenvalue weighted by Gasteiger charge is -2.16. The molecule has 2 N–H and O–H groups in total. The molecule has 0 aliphatic heterocycles. The van der Waals surface area contributed by atoms with Crippen LogP contribution >= 0.6 is 11.6 Å². The molecule has 5 heteroatoms. The van der Waals surface area contributed by atoms with Gasteiger partial charge in [-0.05, 0) is 39.0 Å². The molecule has 0 heterocycles. The Morgan fingerprint density at radius 3 is 2.67 bits per heavy atom. The van der Waals surface area contributed by atoms with E-state index in [0.29, 0.717) is 10.6 Å². The number of hydrogen-bond acceptors (Lipinski definition) is 2. The molecule has 1 aromatic carbocycles. The summed E-state index contributed by atoms with van der Waals surface area (Å²) < 4.78 is 13.4. The van der Waals surface area contributed by atoms with Gasteiger partial charge in [-0.25, -0.2) is 4.39 Å². The van der Waals surface area contributed by atoms with Crippen molar-refractivity contribution in [1.82, 2.24) is 10.6 Å². The molecule has 0 aromatic heterocycles. The lowest BCUT2D eigenvalue weighted by molar-refractivity contribution is -0.123. The van der Waals surface area contributed by atoms with Crippen LogP contribution in [0.3, 0.4) is 0 Å². The predicted molar refractivity (Wildman–Crippen MR) is 71.0 cm³/mol. The van der Waals surface area contributed by atoms with Crippen molar-refractivity contribution in [2.24, 2.45) is 0 Å². The smallest absolute Gasteiger partial charge is 0.237 e. The highest BCUT2D eigenvalue weighted by Gasteiger charge is 2.13.